The lowest BCUT2D eigenvalue weighted by Crippen LogP contribution is -2.28. The Morgan fingerprint density at radius 1 is 1.33 bits per heavy atom. The summed E-state index contributed by atoms with van der Waals surface area (Å²) in [5.74, 6) is 0.215. The molecule has 1 heterocycles. The fourth-order valence-electron chi connectivity index (χ4n) is 1.82. The summed E-state index contributed by atoms with van der Waals surface area (Å²) in [5.41, 5.74) is 0.279. The third-order valence-electron chi connectivity index (χ3n) is 2.82. The number of carbonyl (C=O) groups is 1. The molecule has 6 heteroatoms. The van der Waals surface area contributed by atoms with Gasteiger partial charge in [0, 0.05) is 17.4 Å². The number of ketones is 1. The first kappa shape index (κ1) is 15.7. The molecule has 1 atom stereocenters. The lowest BCUT2D eigenvalue weighted by molar-refractivity contribution is 0.0771. The van der Waals surface area contributed by atoms with E-state index in [4.69, 9.17) is 27.9 Å². The van der Waals surface area contributed by atoms with Gasteiger partial charge in [-0.1, -0.05) is 36.5 Å². The Balaban J connectivity index is 2.21. The highest BCUT2D eigenvalue weighted by atomic mass is 35.5. The van der Waals surface area contributed by atoms with Gasteiger partial charge in [0.05, 0.1) is 11.2 Å². The Bertz CT molecular complexity index is 620. The Morgan fingerprint density at radius 2 is 2.14 bits per heavy atom. The minimum atomic E-state index is -0.648. The van der Waals surface area contributed by atoms with E-state index in [2.05, 4.69) is 9.97 Å². The zero-order valence-corrected chi connectivity index (χ0v) is 12.9. The molecule has 0 aliphatic rings. The van der Waals surface area contributed by atoms with Crippen LogP contribution in [0.4, 0.5) is 0 Å². The van der Waals surface area contributed by atoms with Gasteiger partial charge in [0.25, 0.3) is 0 Å². The SMILES string of the molecule is CCCC(Oc1ccc(Cl)cc1Cl)C(=O)c1cnccn1. The van der Waals surface area contributed by atoms with E-state index >= 15 is 0 Å². The molecule has 0 amide bonds. The average molecular weight is 325 g/mol. The van der Waals surface area contributed by atoms with Crippen LogP contribution in [0.1, 0.15) is 30.3 Å². The fourth-order valence-corrected chi connectivity index (χ4v) is 2.27. The average Bonchev–Trinajstić information content (AvgIpc) is 2.49. The van der Waals surface area contributed by atoms with Crippen molar-refractivity contribution in [1.29, 1.82) is 0 Å². The monoisotopic (exact) mass is 324 g/mol. The highest BCUT2D eigenvalue weighted by Crippen LogP contribution is 2.29. The van der Waals surface area contributed by atoms with E-state index in [0.29, 0.717) is 22.2 Å². The highest BCUT2D eigenvalue weighted by molar-refractivity contribution is 6.35. The topological polar surface area (TPSA) is 52.1 Å². The van der Waals surface area contributed by atoms with Gasteiger partial charge in [0.2, 0.25) is 5.78 Å². The van der Waals surface area contributed by atoms with Gasteiger partial charge < -0.3 is 4.74 Å². The molecule has 0 bridgehead atoms. The van der Waals surface area contributed by atoms with Gasteiger partial charge in [0.15, 0.2) is 6.10 Å². The Kier molecular flexibility index (Phi) is 5.53. The molecule has 0 saturated heterocycles. The predicted molar refractivity (Wildman–Crippen MR) is 82.1 cm³/mol. The van der Waals surface area contributed by atoms with Crippen molar-refractivity contribution in [2.75, 3.05) is 0 Å². The maximum atomic E-state index is 12.4. The van der Waals surface area contributed by atoms with Gasteiger partial charge >= 0.3 is 0 Å². The summed E-state index contributed by atoms with van der Waals surface area (Å²) in [4.78, 5) is 20.3. The van der Waals surface area contributed by atoms with Crippen LogP contribution in [0.3, 0.4) is 0 Å². The summed E-state index contributed by atoms with van der Waals surface area (Å²) in [6.45, 7) is 1.98. The predicted octanol–water partition coefficient (Wildman–Crippen LogP) is 4.21. The van der Waals surface area contributed by atoms with Gasteiger partial charge in [-0.3, -0.25) is 9.78 Å². The minimum absolute atomic E-state index is 0.212. The Hall–Kier alpha value is -1.65. The second-order valence-corrected chi connectivity index (χ2v) is 5.27. The number of aromatic nitrogens is 2. The van der Waals surface area contributed by atoms with Crippen molar-refractivity contribution in [2.24, 2.45) is 0 Å². The summed E-state index contributed by atoms with van der Waals surface area (Å²) in [6, 6.07) is 4.89. The number of Topliss-reactive ketones (excluding diaryl/α,β-unsaturated/α-hetero) is 1. The molecular weight excluding hydrogens is 311 g/mol. The van der Waals surface area contributed by atoms with Crippen LogP contribution in [0.25, 0.3) is 0 Å². The normalized spacial score (nSPS) is 12.0. The molecule has 0 aliphatic heterocycles. The molecule has 1 aromatic heterocycles. The third-order valence-corrected chi connectivity index (χ3v) is 3.35. The number of halogens is 2. The van der Waals surface area contributed by atoms with E-state index in [1.165, 1.54) is 18.6 Å². The molecule has 1 unspecified atom stereocenters. The van der Waals surface area contributed by atoms with Gasteiger partial charge in [-0.15, -0.1) is 0 Å². The molecule has 2 aromatic rings. The van der Waals surface area contributed by atoms with Crippen LogP contribution in [0.2, 0.25) is 10.0 Å². The van der Waals surface area contributed by atoms with Crippen molar-refractivity contribution in [2.45, 2.75) is 25.9 Å². The number of carbonyl (C=O) groups excluding carboxylic acids is 1. The van der Waals surface area contributed by atoms with Crippen LogP contribution >= 0.6 is 23.2 Å². The van der Waals surface area contributed by atoms with Gasteiger partial charge in [0.1, 0.15) is 11.4 Å². The fraction of sp³-hybridized carbons (Fsp3) is 0.267. The van der Waals surface area contributed by atoms with Gasteiger partial charge in [-0.25, -0.2) is 4.98 Å². The summed E-state index contributed by atoms with van der Waals surface area (Å²) in [6.07, 6.45) is 5.13. The van der Waals surface area contributed by atoms with Crippen LogP contribution in [0.5, 0.6) is 5.75 Å². The number of rotatable bonds is 6. The van der Waals surface area contributed by atoms with E-state index < -0.39 is 6.10 Å². The van der Waals surface area contributed by atoms with E-state index in [9.17, 15) is 4.79 Å². The molecule has 0 N–H and O–H groups in total. The zero-order chi connectivity index (χ0) is 15.2. The van der Waals surface area contributed by atoms with Crippen LogP contribution in [-0.2, 0) is 0 Å². The number of hydrogen-bond donors (Lipinski definition) is 0. The maximum Gasteiger partial charge on any atom is 0.223 e. The highest BCUT2D eigenvalue weighted by Gasteiger charge is 2.23. The van der Waals surface area contributed by atoms with Crippen molar-refractivity contribution in [3.8, 4) is 5.75 Å². The Labute approximate surface area is 133 Å². The van der Waals surface area contributed by atoms with Crippen LogP contribution in [0, 0.1) is 0 Å². The van der Waals surface area contributed by atoms with Crippen molar-refractivity contribution in [3.63, 3.8) is 0 Å². The maximum absolute atomic E-state index is 12.4. The summed E-state index contributed by atoms with van der Waals surface area (Å²) in [5, 5.41) is 0.884. The van der Waals surface area contributed by atoms with Crippen molar-refractivity contribution >= 4 is 29.0 Å². The molecular formula is C15H14Cl2N2O2. The summed E-state index contributed by atoms with van der Waals surface area (Å²) >= 11 is 11.9. The van der Waals surface area contributed by atoms with Crippen LogP contribution in [0.15, 0.2) is 36.8 Å². The second kappa shape index (κ2) is 7.38. The van der Waals surface area contributed by atoms with Crippen LogP contribution in [-0.4, -0.2) is 21.9 Å². The molecule has 4 nitrogen and oxygen atoms in total. The number of ether oxygens (including phenoxy) is 1. The molecule has 0 aliphatic carbocycles. The number of nitrogens with zero attached hydrogens (tertiary/aromatic N) is 2. The van der Waals surface area contributed by atoms with E-state index in [-0.39, 0.29) is 11.5 Å². The smallest absolute Gasteiger partial charge is 0.223 e. The minimum Gasteiger partial charge on any atom is -0.481 e. The van der Waals surface area contributed by atoms with Crippen molar-refractivity contribution in [1.82, 2.24) is 9.97 Å². The van der Waals surface area contributed by atoms with Crippen molar-refractivity contribution < 1.29 is 9.53 Å². The van der Waals surface area contributed by atoms with Gasteiger partial charge in [-0.2, -0.15) is 0 Å². The summed E-state index contributed by atoms with van der Waals surface area (Å²) < 4.78 is 5.75. The molecule has 21 heavy (non-hydrogen) atoms. The van der Waals surface area contributed by atoms with E-state index in [1.54, 1.807) is 18.2 Å². The van der Waals surface area contributed by atoms with E-state index in [1.807, 2.05) is 6.92 Å². The first-order chi connectivity index (χ1) is 10.1. The first-order valence-electron chi connectivity index (χ1n) is 6.53. The van der Waals surface area contributed by atoms with Gasteiger partial charge in [-0.05, 0) is 24.6 Å². The standard InChI is InChI=1S/C15H14Cl2N2O2/c1-2-3-14(15(20)12-9-18-6-7-19-12)21-13-5-4-10(16)8-11(13)17/h4-9,14H,2-3H2,1H3. The molecule has 1 aromatic carbocycles. The number of benzene rings is 1. The zero-order valence-electron chi connectivity index (χ0n) is 11.4. The van der Waals surface area contributed by atoms with Crippen molar-refractivity contribution in [3.05, 3.63) is 52.5 Å². The first-order valence-corrected chi connectivity index (χ1v) is 7.29. The molecule has 0 saturated carbocycles. The molecule has 2 rings (SSSR count). The lowest BCUT2D eigenvalue weighted by Gasteiger charge is -2.18. The lowest BCUT2D eigenvalue weighted by atomic mass is 10.1. The molecule has 0 spiro atoms. The largest absolute Gasteiger partial charge is 0.481 e. The quantitative estimate of drug-likeness (QED) is 0.747. The van der Waals surface area contributed by atoms with Crippen LogP contribution < -0.4 is 4.74 Å². The molecule has 0 fully saturated rings. The molecule has 0 radical (unpaired) electrons. The second-order valence-electron chi connectivity index (χ2n) is 4.42. The molecule has 110 valence electrons. The summed E-state index contributed by atoms with van der Waals surface area (Å²) in [7, 11) is 0. The van der Waals surface area contributed by atoms with E-state index in [0.717, 1.165) is 6.42 Å². The Morgan fingerprint density at radius 3 is 2.76 bits per heavy atom. The number of hydrogen-bond acceptors (Lipinski definition) is 4. The third kappa shape index (κ3) is 4.16.